The zero-order chi connectivity index (χ0) is 21.6. The van der Waals surface area contributed by atoms with Crippen molar-refractivity contribution in [1.29, 1.82) is 0 Å². The second-order valence-electron chi connectivity index (χ2n) is 9.83. The van der Waals surface area contributed by atoms with Crippen molar-refractivity contribution in [3.63, 3.8) is 0 Å². The van der Waals surface area contributed by atoms with Crippen molar-refractivity contribution in [2.24, 2.45) is 0 Å². The van der Waals surface area contributed by atoms with Crippen LogP contribution in [0.25, 0.3) is 11.0 Å². The van der Waals surface area contributed by atoms with Crippen LogP contribution >= 0.6 is 0 Å². The summed E-state index contributed by atoms with van der Waals surface area (Å²) in [4.78, 5) is 0. The molecule has 1 aromatic heterocycles. The Labute approximate surface area is 173 Å². The summed E-state index contributed by atoms with van der Waals surface area (Å²) >= 11 is 0. The van der Waals surface area contributed by atoms with Crippen molar-refractivity contribution in [1.82, 2.24) is 0 Å². The number of rotatable bonds is 6. The third kappa shape index (κ3) is 4.76. The number of furan rings is 1. The number of aliphatic hydroxyl groups excluding tert-OH is 2. The molecule has 162 valence electrons. The number of benzene rings is 1. The summed E-state index contributed by atoms with van der Waals surface area (Å²) in [6.07, 6.45) is -3.52. The zero-order valence-corrected chi connectivity index (χ0v) is 19.4. The number of hydrogen-bond donors (Lipinski definition) is 2. The zero-order valence-electron chi connectivity index (χ0n) is 18.4. The van der Waals surface area contributed by atoms with Gasteiger partial charge in [-0.25, -0.2) is 0 Å². The van der Waals surface area contributed by atoms with E-state index in [1.807, 2.05) is 24.3 Å². The van der Waals surface area contributed by atoms with Gasteiger partial charge >= 0.3 is 0 Å². The lowest BCUT2D eigenvalue weighted by molar-refractivity contribution is -0.162. The molecule has 0 spiro atoms. The summed E-state index contributed by atoms with van der Waals surface area (Å²) in [6.45, 7) is 14.4. The lowest BCUT2D eigenvalue weighted by atomic mass is 10.0. The maximum atomic E-state index is 11.0. The summed E-state index contributed by atoms with van der Waals surface area (Å²) in [5.41, 5.74) is 0.693. The van der Waals surface area contributed by atoms with Gasteiger partial charge < -0.3 is 28.5 Å². The molecule has 1 saturated heterocycles. The molecule has 0 radical (unpaired) electrons. The molecule has 7 heteroatoms. The van der Waals surface area contributed by atoms with Crippen molar-refractivity contribution in [2.75, 3.05) is 6.61 Å². The van der Waals surface area contributed by atoms with Gasteiger partial charge in [0, 0.05) is 5.39 Å². The molecule has 29 heavy (non-hydrogen) atoms. The monoisotopic (exact) mass is 422 g/mol. The van der Waals surface area contributed by atoms with Gasteiger partial charge in [0.25, 0.3) is 0 Å². The fourth-order valence-electron chi connectivity index (χ4n) is 3.27. The summed E-state index contributed by atoms with van der Waals surface area (Å²) in [7, 11) is -2.03. The molecular weight excluding hydrogens is 388 g/mol. The first kappa shape index (κ1) is 22.5. The van der Waals surface area contributed by atoms with Gasteiger partial charge in [0.2, 0.25) is 0 Å². The predicted octanol–water partition coefficient (Wildman–Crippen LogP) is 4.37. The maximum Gasteiger partial charge on any atom is 0.192 e. The minimum atomic E-state index is -2.03. The minimum Gasteiger partial charge on any atom is -0.458 e. The van der Waals surface area contributed by atoms with Gasteiger partial charge in [-0.1, -0.05) is 39.0 Å². The average molecular weight is 423 g/mol. The van der Waals surface area contributed by atoms with Crippen molar-refractivity contribution >= 4 is 19.3 Å². The topological polar surface area (TPSA) is 81.3 Å². The molecule has 2 unspecified atom stereocenters. The van der Waals surface area contributed by atoms with E-state index in [1.165, 1.54) is 0 Å². The standard InChI is InChI=1S/C22H34O6Si/c1-21(2,3)29(6,7)25-13-15(23)19-20(28-22(4,5)27-19)18(24)17-12-14-10-8-9-11-16(14)26-17/h8-12,15,18-20,23-24H,13H2,1-7H3/t15?,18?,19-,20+/m1/s1. The highest BCUT2D eigenvalue weighted by Gasteiger charge is 2.49. The fraction of sp³-hybridized carbons (Fsp3) is 0.636. The van der Waals surface area contributed by atoms with Crippen LogP contribution in [0.5, 0.6) is 0 Å². The lowest BCUT2D eigenvalue weighted by Crippen LogP contribution is -2.47. The third-order valence-corrected chi connectivity index (χ3v) is 10.5. The van der Waals surface area contributed by atoms with Gasteiger partial charge in [-0.3, -0.25) is 0 Å². The van der Waals surface area contributed by atoms with Crippen LogP contribution in [0, 0.1) is 0 Å². The molecule has 0 bridgehead atoms. The van der Waals surface area contributed by atoms with E-state index in [0.29, 0.717) is 11.3 Å². The molecule has 0 amide bonds. The minimum absolute atomic E-state index is 0.0339. The van der Waals surface area contributed by atoms with Crippen molar-refractivity contribution < 1.29 is 28.5 Å². The molecule has 2 aromatic rings. The highest BCUT2D eigenvalue weighted by Crippen LogP contribution is 2.40. The van der Waals surface area contributed by atoms with Gasteiger partial charge in [0.1, 0.15) is 35.8 Å². The smallest absolute Gasteiger partial charge is 0.192 e. The van der Waals surface area contributed by atoms with Crippen molar-refractivity contribution in [3.8, 4) is 0 Å². The molecule has 0 aliphatic carbocycles. The largest absolute Gasteiger partial charge is 0.458 e. The molecule has 2 heterocycles. The Bertz CT molecular complexity index is 804. The van der Waals surface area contributed by atoms with E-state index < -0.39 is 38.5 Å². The molecule has 3 rings (SSSR count). The van der Waals surface area contributed by atoms with E-state index in [1.54, 1.807) is 19.9 Å². The molecule has 1 aliphatic rings. The Morgan fingerprint density at radius 1 is 1.10 bits per heavy atom. The number of para-hydroxylation sites is 1. The lowest BCUT2D eigenvalue weighted by Gasteiger charge is -2.37. The van der Waals surface area contributed by atoms with Crippen LogP contribution in [0.2, 0.25) is 18.1 Å². The Hall–Kier alpha value is -1.22. The Morgan fingerprint density at radius 2 is 1.72 bits per heavy atom. The van der Waals surface area contributed by atoms with Crippen molar-refractivity contribution in [3.05, 3.63) is 36.1 Å². The van der Waals surface area contributed by atoms with Gasteiger partial charge in [-0.2, -0.15) is 0 Å². The first-order valence-corrected chi connectivity index (χ1v) is 13.1. The number of aliphatic hydroxyl groups is 2. The normalized spacial score (nSPS) is 24.7. The number of ether oxygens (including phenoxy) is 2. The quantitative estimate of drug-likeness (QED) is 0.673. The predicted molar refractivity (Wildman–Crippen MR) is 114 cm³/mol. The second kappa shape index (κ2) is 7.79. The van der Waals surface area contributed by atoms with Crippen LogP contribution in [0.1, 0.15) is 46.5 Å². The summed E-state index contributed by atoms with van der Waals surface area (Å²) in [6, 6.07) is 9.36. The molecule has 0 saturated carbocycles. The molecule has 4 atom stereocenters. The first-order valence-electron chi connectivity index (χ1n) is 10.1. The van der Waals surface area contributed by atoms with Crippen LogP contribution in [-0.4, -0.2) is 49.2 Å². The summed E-state index contributed by atoms with van der Waals surface area (Å²) < 4.78 is 23.9. The van der Waals surface area contributed by atoms with Crippen molar-refractivity contribution in [2.45, 2.75) is 83.0 Å². The van der Waals surface area contributed by atoms with Crippen LogP contribution in [-0.2, 0) is 13.9 Å². The summed E-state index contributed by atoms with van der Waals surface area (Å²) in [5, 5.41) is 22.8. The van der Waals surface area contributed by atoms with Gasteiger partial charge in [-0.15, -0.1) is 0 Å². The maximum absolute atomic E-state index is 11.0. The fourth-order valence-corrected chi connectivity index (χ4v) is 4.29. The Morgan fingerprint density at radius 3 is 2.34 bits per heavy atom. The van der Waals surface area contributed by atoms with E-state index in [4.69, 9.17) is 18.3 Å². The third-order valence-electron chi connectivity index (χ3n) is 6.01. The Balaban J connectivity index is 1.77. The van der Waals surface area contributed by atoms with Gasteiger partial charge in [0.15, 0.2) is 14.1 Å². The summed E-state index contributed by atoms with van der Waals surface area (Å²) in [5.74, 6) is -0.541. The first-order chi connectivity index (χ1) is 13.3. The van der Waals surface area contributed by atoms with Crippen LogP contribution in [0.4, 0.5) is 0 Å². The van der Waals surface area contributed by atoms with Gasteiger partial charge in [-0.05, 0) is 44.1 Å². The van der Waals surface area contributed by atoms with E-state index in [9.17, 15) is 10.2 Å². The molecule has 2 N–H and O–H groups in total. The Kier molecular flexibility index (Phi) is 6.04. The molecule has 1 fully saturated rings. The highest BCUT2D eigenvalue weighted by atomic mass is 28.4. The highest BCUT2D eigenvalue weighted by molar-refractivity contribution is 6.74. The SMILES string of the molecule is CC1(C)O[C@H](C(O)CO[Si](C)(C)C(C)(C)C)[C@H](C(O)c2cc3ccccc3o2)O1. The van der Waals surface area contributed by atoms with E-state index in [-0.39, 0.29) is 11.6 Å². The molecular formula is C22H34O6Si. The average Bonchev–Trinajstić information content (AvgIpc) is 3.18. The van der Waals surface area contributed by atoms with E-state index in [0.717, 1.165) is 5.39 Å². The van der Waals surface area contributed by atoms with Gasteiger partial charge in [0.05, 0.1) is 6.61 Å². The molecule has 1 aliphatic heterocycles. The van der Waals surface area contributed by atoms with Crippen LogP contribution in [0.3, 0.4) is 0 Å². The molecule has 6 nitrogen and oxygen atoms in total. The van der Waals surface area contributed by atoms with Crippen LogP contribution in [0.15, 0.2) is 34.7 Å². The molecule has 1 aromatic carbocycles. The number of hydrogen-bond acceptors (Lipinski definition) is 6. The van der Waals surface area contributed by atoms with Crippen LogP contribution < -0.4 is 0 Å². The number of fused-ring (bicyclic) bond motifs is 1. The second-order valence-corrected chi connectivity index (χ2v) is 14.6. The van der Waals surface area contributed by atoms with E-state index in [2.05, 4.69) is 33.9 Å². The van der Waals surface area contributed by atoms with E-state index >= 15 is 0 Å².